The number of hydrogen-bond donors (Lipinski definition) is 2. The zero-order valence-corrected chi connectivity index (χ0v) is 11.2. The summed E-state index contributed by atoms with van der Waals surface area (Å²) >= 11 is 0. The van der Waals surface area contributed by atoms with E-state index in [1.54, 1.807) is 0 Å². The molecule has 0 spiro atoms. The highest BCUT2D eigenvalue weighted by atomic mass is 16.5. The Morgan fingerprint density at radius 3 is 3.16 bits per heavy atom. The van der Waals surface area contributed by atoms with Crippen molar-refractivity contribution in [1.82, 2.24) is 0 Å². The molecule has 2 unspecified atom stereocenters. The molecule has 2 aliphatic rings. The van der Waals surface area contributed by atoms with Crippen LogP contribution < -0.4 is 15.4 Å². The molecule has 1 fully saturated rings. The van der Waals surface area contributed by atoms with Crippen LogP contribution in [-0.2, 0) is 4.79 Å². The highest BCUT2D eigenvalue weighted by molar-refractivity contribution is 5.96. The lowest BCUT2D eigenvalue weighted by molar-refractivity contribution is -0.118. The molecule has 0 radical (unpaired) electrons. The minimum Gasteiger partial charge on any atom is -0.482 e. The van der Waals surface area contributed by atoms with E-state index in [2.05, 4.69) is 17.6 Å². The van der Waals surface area contributed by atoms with Gasteiger partial charge in [-0.3, -0.25) is 4.79 Å². The second-order valence-electron chi connectivity index (χ2n) is 5.40. The van der Waals surface area contributed by atoms with Gasteiger partial charge in [-0.1, -0.05) is 19.8 Å². The third-order valence-electron chi connectivity index (χ3n) is 4.15. The van der Waals surface area contributed by atoms with Crippen LogP contribution >= 0.6 is 0 Å². The van der Waals surface area contributed by atoms with Crippen LogP contribution in [0.25, 0.3) is 0 Å². The summed E-state index contributed by atoms with van der Waals surface area (Å²) in [5.41, 5.74) is 1.84. The van der Waals surface area contributed by atoms with Crippen LogP contribution in [0.5, 0.6) is 5.75 Å². The van der Waals surface area contributed by atoms with Crippen molar-refractivity contribution in [2.24, 2.45) is 5.92 Å². The molecule has 19 heavy (non-hydrogen) atoms. The molecule has 4 heteroatoms. The van der Waals surface area contributed by atoms with Crippen molar-refractivity contribution in [1.29, 1.82) is 0 Å². The number of amides is 1. The summed E-state index contributed by atoms with van der Waals surface area (Å²) in [6.07, 6.45) is 5.08. The minimum absolute atomic E-state index is 0.0862. The highest BCUT2D eigenvalue weighted by Crippen LogP contribution is 2.34. The molecule has 1 aliphatic carbocycles. The number of anilines is 2. The normalized spacial score (nSPS) is 25.4. The van der Waals surface area contributed by atoms with Gasteiger partial charge in [0, 0.05) is 11.7 Å². The van der Waals surface area contributed by atoms with Crippen molar-refractivity contribution >= 4 is 17.3 Å². The Balaban J connectivity index is 1.75. The van der Waals surface area contributed by atoms with Crippen LogP contribution in [0.2, 0.25) is 0 Å². The third kappa shape index (κ3) is 2.53. The fourth-order valence-electron chi connectivity index (χ4n) is 3.10. The summed E-state index contributed by atoms with van der Waals surface area (Å²) in [6.45, 7) is 2.37. The standard InChI is InChI=1S/C15H20N2O2/c1-2-10-4-3-5-12(10)16-11-6-7-14-13(8-11)17-15(18)9-19-14/h6-8,10,12,16H,2-5,9H2,1H3,(H,17,18). The second kappa shape index (κ2) is 5.11. The summed E-state index contributed by atoms with van der Waals surface area (Å²) in [6, 6.07) is 6.48. The molecule has 1 aliphatic heterocycles. The maximum atomic E-state index is 11.3. The Labute approximate surface area is 113 Å². The number of hydrogen-bond acceptors (Lipinski definition) is 3. The topological polar surface area (TPSA) is 50.4 Å². The Morgan fingerprint density at radius 1 is 1.42 bits per heavy atom. The molecule has 0 aromatic heterocycles. The molecule has 3 rings (SSSR count). The summed E-state index contributed by atoms with van der Waals surface area (Å²) < 4.78 is 5.36. The largest absolute Gasteiger partial charge is 0.482 e. The smallest absolute Gasteiger partial charge is 0.262 e. The van der Waals surface area contributed by atoms with Gasteiger partial charge in [0.1, 0.15) is 5.75 Å². The van der Waals surface area contributed by atoms with Crippen LogP contribution in [0.3, 0.4) is 0 Å². The Hall–Kier alpha value is -1.71. The van der Waals surface area contributed by atoms with Crippen LogP contribution in [-0.4, -0.2) is 18.6 Å². The molecule has 1 saturated carbocycles. The molecule has 102 valence electrons. The number of benzene rings is 1. The van der Waals surface area contributed by atoms with Crippen molar-refractivity contribution in [3.63, 3.8) is 0 Å². The van der Waals surface area contributed by atoms with E-state index in [0.29, 0.717) is 6.04 Å². The van der Waals surface area contributed by atoms with Gasteiger partial charge in [-0.15, -0.1) is 0 Å². The van der Waals surface area contributed by atoms with Crippen molar-refractivity contribution in [2.45, 2.75) is 38.6 Å². The molecule has 2 atom stereocenters. The number of fused-ring (bicyclic) bond motifs is 1. The first-order valence-electron chi connectivity index (χ1n) is 7.09. The summed E-state index contributed by atoms with van der Waals surface area (Å²) in [4.78, 5) is 11.3. The first-order chi connectivity index (χ1) is 9.26. The zero-order valence-electron chi connectivity index (χ0n) is 11.2. The average molecular weight is 260 g/mol. The van der Waals surface area contributed by atoms with Crippen LogP contribution in [0.4, 0.5) is 11.4 Å². The molecular formula is C15H20N2O2. The average Bonchev–Trinajstić information content (AvgIpc) is 2.85. The molecule has 1 amide bonds. The molecule has 4 nitrogen and oxygen atoms in total. The number of ether oxygens (including phenoxy) is 1. The SMILES string of the molecule is CCC1CCCC1Nc1ccc2c(c1)NC(=O)CO2. The third-order valence-corrected chi connectivity index (χ3v) is 4.15. The van der Waals surface area contributed by atoms with Gasteiger partial charge in [0.25, 0.3) is 5.91 Å². The monoisotopic (exact) mass is 260 g/mol. The Kier molecular flexibility index (Phi) is 3.32. The lowest BCUT2D eigenvalue weighted by Crippen LogP contribution is -2.26. The summed E-state index contributed by atoms with van der Waals surface area (Å²) in [5.74, 6) is 1.43. The maximum absolute atomic E-state index is 11.3. The van der Waals surface area contributed by atoms with Gasteiger partial charge in [-0.05, 0) is 37.0 Å². The van der Waals surface area contributed by atoms with E-state index in [0.717, 1.165) is 23.0 Å². The van der Waals surface area contributed by atoms with Gasteiger partial charge in [-0.2, -0.15) is 0 Å². The van der Waals surface area contributed by atoms with Gasteiger partial charge in [0.2, 0.25) is 0 Å². The van der Waals surface area contributed by atoms with E-state index >= 15 is 0 Å². The molecule has 2 N–H and O–H groups in total. The van der Waals surface area contributed by atoms with Gasteiger partial charge >= 0.3 is 0 Å². The van der Waals surface area contributed by atoms with Crippen molar-refractivity contribution in [2.75, 3.05) is 17.2 Å². The maximum Gasteiger partial charge on any atom is 0.262 e. The van der Waals surface area contributed by atoms with E-state index in [9.17, 15) is 4.79 Å². The molecule has 1 heterocycles. The quantitative estimate of drug-likeness (QED) is 0.878. The van der Waals surface area contributed by atoms with Gasteiger partial charge < -0.3 is 15.4 Å². The first-order valence-corrected chi connectivity index (χ1v) is 7.09. The highest BCUT2D eigenvalue weighted by Gasteiger charge is 2.26. The summed E-state index contributed by atoms with van der Waals surface area (Å²) in [7, 11) is 0. The van der Waals surface area contributed by atoms with Crippen molar-refractivity contribution in [3.8, 4) is 5.75 Å². The zero-order chi connectivity index (χ0) is 13.2. The van der Waals surface area contributed by atoms with Crippen molar-refractivity contribution < 1.29 is 9.53 Å². The molecular weight excluding hydrogens is 240 g/mol. The fraction of sp³-hybridized carbons (Fsp3) is 0.533. The van der Waals surface area contributed by atoms with Crippen LogP contribution in [0.1, 0.15) is 32.6 Å². The molecule has 0 saturated heterocycles. The molecule has 1 aromatic rings. The van der Waals surface area contributed by atoms with E-state index in [1.165, 1.54) is 25.7 Å². The van der Waals surface area contributed by atoms with Gasteiger partial charge in [0.05, 0.1) is 5.69 Å². The number of nitrogens with one attached hydrogen (secondary N) is 2. The Morgan fingerprint density at radius 2 is 2.32 bits per heavy atom. The van der Waals surface area contributed by atoms with Gasteiger partial charge in [0.15, 0.2) is 6.61 Å². The lowest BCUT2D eigenvalue weighted by atomic mass is 10.0. The summed E-state index contributed by atoms with van der Waals surface area (Å²) in [5, 5.41) is 6.45. The van der Waals surface area contributed by atoms with E-state index in [4.69, 9.17) is 4.74 Å². The molecule has 0 bridgehead atoms. The fourth-order valence-corrected chi connectivity index (χ4v) is 3.10. The molecule has 1 aromatic carbocycles. The Bertz CT molecular complexity index is 487. The van der Waals surface area contributed by atoms with Crippen LogP contribution in [0, 0.1) is 5.92 Å². The number of rotatable bonds is 3. The van der Waals surface area contributed by atoms with Crippen LogP contribution in [0.15, 0.2) is 18.2 Å². The van der Waals surface area contributed by atoms with Gasteiger partial charge in [-0.25, -0.2) is 0 Å². The predicted octanol–water partition coefficient (Wildman–Crippen LogP) is 3.01. The lowest BCUT2D eigenvalue weighted by Gasteiger charge is -2.23. The minimum atomic E-state index is -0.0862. The second-order valence-corrected chi connectivity index (χ2v) is 5.40. The van der Waals surface area contributed by atoms with Crippen molar-refractivity contribution in [3.05, 3.63) is 18.2 Å². The van der Waals surface area contributed by atoms with E-state index in [-0.39, 0.29) is 12.5 Å². The predicted molar refractivity (Wildman–Crippen MR) is 75.6 cm³/mol. The van der Waals surface area contributed by atoms with E-state index < -0.39 is 0 Å². The number of carbonyl (C=O) groups is 1. The number of carbonyl (C=O) groups excluding carboxylic acids is 1. The first kappa shape index (κ1) is 12.3. The van der Waals surface area contributed by atoms with E-state index in [1.807, 2.05) is 18.2 Å².